The Balaban J connectivity index is 1.90. The molecule has 1 unspecified atom stereocenters. The summed E-state index contributed by atoms with van der Waals surface area (Å²) < 4.78 is 6.40. The van der Waals surface area contributed by atoms with Crippen molar-refractivity contribution in [3.63, 3.8) is 0 Å². The Morgan fingerprint density at radius 2 is 2.09 bits per heavy atom. The van der Waals surface area contributed by atoms with E-state index >= 15 is 0 Å². The lowest BCUT2D eigenvalue weighted by molar-refractivity contribution is 0.0736. The average Bonchev–Trinajstić information content (AvgIpc) is 2.89. The molecule has 8 nitrogen and oxygen atoms in total. The zero-order valence-corrected chi connectivity index (χ0v) is 12.6. The largest absolute Gasteiger partial charge is 0.420 e. The summed E-state index contributed by atoms with van der Waals surface area (Å²) in [6, 6.07) is 4.81. The van der Waals surface area contributed by atoms with Crippen LogP contribution in [0.15, 0.2) is 27.4 Å². The van der Waals surface area contributed by atoms with Crippen molar-refractivity contribution in [3.05, 3.63) is 34.3 Å². The van der Waals surface area contributed by atoms with E-state index in [1.165, 1.54) is 4.57 Å². The van der Waals surface area contributed by atoms with Gasteiger partial charge in [0, 0.05) is 31.7 Å². The lowest BCUT2D eigenvalue weighted by Gasteiger charge is -2.27. The van der Waals surface area contributed by atoms with Crippen LogP contribution < -0.4 is 11.1 Å². The maximum Gasteiger partial charge on any atom is 0.420 e. The Kier molecular flexibility index (Phi) is 4.46. The lowest BCUT2D eigenvalue weighted by atomic mass is 10.1. The number of rotatable bonds is 4. The van der Waals surface area contributed by atoms with Crippen molar-refractivity contribution in [2.75, 3.05) is 32.8 Å². The van der Waals surface area contributed by atoms with E-state index < -0.39 is 18.5 Å². The highest BCUT2D eigenvalue weighted by Gasteiger charge is 2.20. The number of carbonyl (C=O) groups is 1. The Labute approximate surface area is 131 Å². The number of fused-ring (bicyclic) bond motifs is 1. The Morgan fingerprint density at radius 3 is 2.78 bits per heavy atom. The minimum atomic E-state index is -1.05. The van der Waals surface area contributed by atoms with Crippen molar-refractivity contribution < 1.29 is 19.4 Å². The van der Waals surface area contributed by atoms with Gasteiger partial charge in [0.15, 0.2) is 5.58 Å². The molecule has 0 radical (unpaired) electrons. The predicted molar refractivity (Wildman–Crippen MR) is 82.3 cm³/mol. The number of hydrogen-bond acceptors (Lipinski definition) is 6. The molecule has 0 saturated carbocycles. The highest BCUT2D eigenvalue weighted by atomic mass is 16.4. The van der Waals surface area contributed by atoms with Gasteiger partial charge >= 0.3 is 5.76 Å². The molecule has 23 heavy (non-hydrogen) atoms. The van der Waals surface area contributed by atoms with Gasteiger partial charge < -0.3 is 24.8 Å². The van der Waals surface area contributed by atoms with Gasteiger partial charge in [0.05, 0.1) is 24.8 Å². The first kappa shape index (κ1) is 15.7. The first-order chi connectivity index (χ1) is 11.1. The maximum atomic E-state index is 12.5. The van der Waals surface area contributed by atoms with Gasteiger partial charge in [0.2, 0.25) is 0 Å². The average molecular weight is 321 g/mol. The first-order valence-electron chi connectivity index (χ1n) is 7.52. The summed E-state index contributed by atoms with van der Waals surface area (Å²) in [5.41, 5.74) is 1.24. The number of aliphatic hydroxyl groups is 2. The summed E-state index contributed by atoms with van der Waals surface area (Å²) in [7, 11) is 0. The highest BCUT2D eigenvalue weighted by molar-refractivity contribution is 5.97. The third-order valence-electron chi connectivity index (χ3n) is 3.92. The zero-order valence-electron chi connectivity index (χ0n) is 12.6. The second-order valence-corrected chi connectivity index (χ2v) is 5.54. The second kappa shape index (κ2) is 6.53. The van der Waals surface area contributed by atoms with Crippen LogP contribution in [0.4, 0.5) is 0 Å². The predicted octanol–water partition coefficient (Wildman–Crippen LogP) is -1.01. The molecule has 1 amide bonds. The molecular weight excluding hydrogens is 302 g/mol. The molecule has 1 aliphatic rings. The molecule has 1 fully saturated rings. The van der Waals surface area contributed by atoms with Crippen LogP contribution in [-0.4, -0.2) is 64.5 Å². The van der Waals surface area contributed by atoms with Gasteiger partial charge in [-0.3, -0.25) is 9.36 Å². The summed E-state index contributed by atoms with van der Waals surface area (Å²) >= 11 is 0. The fourth-order valence-corrected chi connectivity index (χ4v) is 2.69. The number of aliphatic hydroxyl groups excluding tert-OH is 2. The number of piperazine rings is 1. The van der Waals surface area contributed by atoms with E-state index in [2.05, 4.69) is 5.32 Å². The molecule has 1 aromatic heterocycles. The molecule has 1 saturated heterocycles. The standard InChI is InChI=1S/C15H19N3O5/c19-9-11(20)8-18-12-2-1-10(7-13(12)23-15(18)22)14(21)17-5-3-16-4-6-17/h1-2,7,11,16,19-20H,3-6,8-9H2. The van der Waals surface area contributed by atoms with Crippen molar-refractivity contribution in [2.24, 2.45) is 0 Å². The minimum absolute atomic E-state index is 0.0621. The molecule has 0 spiro atoms. The Hall–Kier alpha value is -2.16. The number of aromatic nitrogens is 1. The van der Waals surface area contributed by atoms with Crippen molar-refractivity contribution in [2.45, 2.75) is 12.6 Å². The molecule has 0 bridgehead atoms. The molecule has 3 N–H and O–H groups in total. The van der Waals surface area contributed by atoms with Gasteiger partial charge in [-0.15, -0.1) is 0 Å². The summed E-state index contributed by atoms with van der Waals surface area (Å²) in [6.45, 7) is 2.30. The number of hydrogen-bond donors (Lipinski definition) is 3. The highest BCUT2D eigenvalue weighted by Crippen LogP contribution is 2.17. The van der Waals surface area contributed by atoms with Crippen molar-refractivity contribution >= 4 is 17.0 Å². The van der Waals surface area contributed by atoms with Gasteiger partial charge in [0.1, 0.15) is 0 Å². The number of nitrogens with zero attached hydrogens (tertiary/aromatic N) is 2. The smallest absolute Gasteiger partial charge is 0.408 e. The molecule has 1 atom stereocenters. The van der Waals surface area contributed by atoms with E-state index in [0.717, 1.165) is 13.1 Å². The van der Waals surface area contributed by atoms with Crippen molar-refractivity contribution in [1.82, 2.24) is 14.8 Å². The fourth-order valence-electron chi connectivity index (χ4n) is 2.69. The second-order valence-electron chi connectivity index (χ2n) is 5.54. The van der Waals surface area contributed by atoms with Crippen LogP contribution >= 0.6 is 0 Å². The molecule has 0 aliphatic carbocycles. The summed E-state index contributed by atoms with van der Waals surface area (Å²) in [5.74, 6) is -0.724. The fraction of sp³-hybridized carbons (Fsp3) is 0.467. The third-order valence-corrected chi connectivity index (χ3v) is 3.92. The van der Waals surface area contributed by atoms with Crippen molar-refractivity contribution in [3.8, 4) is 0 Å². The van der Waals surface area contributed by atoms with Crippen LogP contribution in [0.3, 0.4) is 0 Å². The van der Waals surface area contributed by atoms with E-state index in [9.17, 15) is 14.7 Å². The molecule has 124 valence electrons. The Bertz CT molecular complexity index is 760. The normalized spacial score (nSPS) is 16.7. The molecule has 2 heterocycles. The number of benzene rings is 1. The van der Waals surface area contributed by atoms with Gasteiger partial charge in [-0.05, 0) is 18.2 Å². The Morgan fingerprint density at radius 1 is 1.35 bits per heavy atom. The van der Waals surface area contributed by atoms with Gasteiger partial charge in [0.25, 0.3) is 5.91 Å². The minimum Gasteiger partial charge on any atom is -0.408 e. The van der Waals surface area contributed by atoms with Gasteiger partial charge in [-0.25, -0.2) is 4.79 Å². The molecule has 3 rings (SSSR count). The third kappa shape index (κ3) is 3.14. The van der Waals surface area contributed by atoms with Gasteiger partial charge in [-0.2, -0.15) is 0 Å². The number of oxazole rings is 1. The van der Waals surface area contributed by atoms with E-state index in [1.54, 1.807) is 23.1 Å². The van der Waals surface area contributed by atoms with Crippen LogP contribution in [0.1, 0.15) is 10.4 Å². The lowest BCUT2D eigenvalue weighted by Crippen LogP contribution is -2.46. The van der Waals surface area contributed by atoms with Crippen LogP contribution in [0, 0.1) is 0 Å². The van der Waals surface area contributed by atoms with E-state index in [-0.39, 0.29) is 12.5 Å². The first-order valence-corrected chi connectivity index (χ1v) is 7.52. The number of nitrogens with one attached hydrogen (secondary N) is 1. The summed E-state index contributed by atoms with van der Waals surface area (Å²) in [4.78, 5) is 26.1. The summed E-state index contributed by atoms with van der Waals surface area (Å²) in [5, 5.41) is 21.6. The van der Waals surface area contributed by atoms with Crippen LogP contribution in [0.5, 0.6) is 0 Å². The maximum absolute atomic E-state index is 12.5. The quantitative estimate of drug-likeness (QED) is 0.666. The van der Waals surface area contributed by atoms with Gasteiger partial charge in [-0.1, -0.05) is 0 Å². The number of amides is 1. The topological polar surface area (TPSA) is 108 Å². The van der Waals surface area contributed by atoms with Crippen molar-refractivity contribution in [1.29, 1.82) is 0 Å². The number of carbonyl (C=O) groups excluding carboxylic acids is 1. The van der Waals surface area contributed by atoms with Crippen LogP contribution in [-0.2, 0) is 6.54 Å². The van der Waals surface area contributed by atoms with E-state index in [4.69, 9.17) is 9.52 Å². The monoisotopic (exact) mass is 321 g/mol. The SMILES string of the molecule is O=C(c1ccc2c(c1)oc(=O)n2CC(O)CO)N1CCNCC1. The molecule has 2 aromatic rings. The molecular formula is C15H19N3O5. The van der Waals surface area contributed by atoms with Crippen LogP contribution in [0.2, 0.25) is 0 Å². The summed E-state index contributed by atoms with van der Waals surface area (Å²) in [6.07, 6.45) is -1.05. The molecule has 1 aliphatic heterocycles. The van der Waals surface area contributed by atoms with Crippen LogP contribution in [0.25, 0.3) is 11.1 Å². The molecule has 8 heteroatoms. The van der Waals surface area contributed by atoms with E-state index in [1.807, 2.05) is 0 Å². The van der Waals surface area contributed by atoms with E-state index in [0.29, 0.717) is 29.8 Å². The zero-order chi connectivity index (χ0) is 16.4. The molecule has 1 aromatic carbocycles.